The van der Waals surface area contributed by atoms with Crippen LogP contribution in [0.2, 0.25) is 0 Å². The molecule has 1 saturated heterocycles. The molecule has 5 heteroatoms. The Hall–Kier alpha value is -1.46. The summed E-state index contributed by atoms with van der Waals surface area (Å²) in [4.78, 5) is 19.1. The summed E-state index contributed by atoms with van der Waals surface area (Å²) in [6.45, 7) is 3.97. The number of amides is 1. The molecule has 5 nitrogen and oxygen atoms in total. The van der Waals surface area contributed by atoms with E-state index in [1.165, 1.54) is 12.8 Å². The maximum absolute atomic E-state index is 12.9. The predicted octanol–water partition coefficient (Wildman–Crippen LogP) is 2.19. The molecule has 2 aliphatic carbocycles. The van der Waals surface area contributed by atoms with Crippen molar-refractivity contribution in [2.75, 3.05) is 19.8 Å². The monoisotopic (exact) mass is 316 g/mol. The fraction of sp³-hybridized carbons (Fsp3) is 0.667. The van der Waals surface area contributed by atoms with Crippen LogP contribution in [0.1, 0.15) is 41.7 Å². The Balaban J connectivity index is 1.51. The molecular weight excluding hydrogens is 292 g/mol. The largest absolute Gasteiger partial charge is 0.374 e. The van der Waals surface area contributed by atoms with Crippen LogP contribution in [0.15, 0.2) is 18.3 Å². The molecule has 1 aromatic rings. The standard InChI is InChI=1S/C18H24N2O3/c1-12-2-5-14(10-19-12)18(21)20-8-9-22-16-7-6-15(20)17(16)23-11-13-3-4-13/h2,5,10,13,15-17H,3-4,6-9,11H2,1H3/t15-,16-,17-/m0/s1. The van der Waals surface area contributed by atoms with Gasteiger partial charge in [0.25, 0.3) is 5.91 Å². The molecule has 2 heterocycles. The highest BCUT2D eigenvalue weighted by Gasteiger charge is 2.45. The van der Waals surface area contributed by atoms with E-state index < -0.39 is 0 Å². The Morgan fingerprint density at radius 3 is 2.96 bits per heavy atom. The van der Waals surface area contributed by atoms with Crippen LogP contribution in [0.4, 0.5) is 0 Å². The van der Waals surface area contributed by atoms with Gasteiger partial charge in [0.2, 0.25) is 0 Å². The molecule has 0 radical (unpaired) electrons. The summed E-state index contributed by atoms with van der Waals surface area (Å²) < 4.78 is 12.1. The third-order valence-corrected chi connectivity index (χ3v) is 5.20. The number of fused-ring (bicyclic) bond motifs is 2. The van der Waals surface area contributed by atoms with Crippen molar-refractivity contribution in [2.24, 2.45) is 5.92 Å². The first-order chi connectivity index (χ1) is 11.2. The highest BCUT2D eigenvalue weighted by atomic mass is 16.5. The van der Waals surface area contributed by atoms with Crippen LogP contribution < -0.4 is 0 Å². The highest BCUT2D eigenvalue weighted by molar-refractivity contribution is 5.94. The normalized spacial score (nSPS) is 30.3. The van der Waals surface area contributed by atoms with Crippen molar-refractivity contribution in [2.45, 2.75) is 50.9 Å². The number of rotatable bonds is 4. The van der Waals surface area contributed by atoms with Crippen molar-refractivity contribution in [1.29, 1.82) is 0 Å². The average Bonchev–Trinajstić information content (AvgIpc) is 3.30. The summed E-state index contributed by atoms with van der Waals surface area (Å²) in [5.74, 6) is 0.775. The molecule has 23 heavy (non-hydrogen) atoms. The van der Waals surface area contributed by atoms with Gasteiger partial charge in [0.15, 0.2) is 0 Å². The fourth-order valence-electron chi connectivity index (χ4n) is 3.65. The van der Waals surface area contributed by atoms with Gasteiger partial charge < -0.3 is 14.4 Å². The molecule has 1 aromatic heterocycles. The molecular formula is C18H24N2O3. The molecule has 3 atom stereocenters. The third kappa shape index (κ3) is 3.12. The molecule has 0 unspecified atom stereocenters. The second kappa shape index (κ2) is 6.21. The van der Waals surface area contributed by atoms with Gasteiger partial charge >= 0.3 is 0 Å². The van der Waals surface area contributed by atoms with E-state index in [0.29, 0.717) is 18.7 Å². The van der Waals surface area contributed by atoms with E-state index in [-0.39, 0.29) is 24.2 Å². The number of carbonyl (C=O) groups is 1. The van der Waals surface area contributed by atoms with Gasteiger partial charge in [-0.15, -0.1) is 0 Å². The zero-order chi connectivity index (χ0) is 15.8. The van der Waals surface area contributed by atoms with Gasteiger partial charge in [0.1, 0.15) is 6.10 Å². The van der Waals surface area contributed by atoms with Crippen LogP contribution >= 0.6 is 0 Å². The van der Waals surface area contributed by atoms with Gasteiger partial charge in [-0.1, -0.05) is 0 Å². The van der Waals surface area contributed by atoms with Crippen molar-refractivity contribution in [3.05, 3.63) is 29.6 Å². The molecule has 0 spiro atoms. The van der Waals surface area contributed by atoms with Gasteiger partial charge in [-0.25, -0.2) is 0 Å². The Bertz CT molecular complexity index is 570. The van der Waals surface area contributed by atoms with Crippen molar-refractivity contribution >= 4 is 5.91 Å². The van der Waals surface area contributed by atoms with Gasteiger partial charge in [-0.05, 0) is 50.7 Å². The van der Waals surface area contributed by atoms with Crippen LogP contribution in [0.25, 0.3) is 0 Å². The van der Waals surface area contributed by atoms with E-state index in [1.807, 2.05) is 24.0 Å². The minimum atomic E-state index is 0.0282. The number of carbonyl (C=O) groups excluding carboxylic acids is 1. The molecule has 3 fully saturated rings. The number of pyridine rings is 1. The maximum Gasteiger partial charge on any atom is 0.255 e. The van der Waals surface area contributed by atoms with E-state index in [1.54, 1.807) is 6.20 Å². The van der Waals surface area contributed by atoms with Gasteiger partial charge in [0.05, 0.1) is 24.3 Å². The maximum atomic E-state index is 12.9. The smallest absolute Gasteiger partial charge is 0.255 e. The van der Waals surface area contributed by atoms with Crippen molar-refractivity contribution in [3.8, 4) is 0 Å². The minimum absolute atomic E-state index is 0.0282. The molecule has 4 rings (SSSR count). The van der Waals surface area contributed by atoms with Gasteiger partial charge in [-0.2, -0.15) is 0 Å². The molecule has 124 valence electrons. The number of ether oxygens (including phenoxy) is 2. The predicted molar refractivity (Wildman–Crippen MR) is 85.2 cm³/mol. The van der Waals surface area contributed by atoms with Crippen molar-refractivity contribution in [1.82, 2.24) is 9.88 Å². The first-order valence-electron chi connectivity index (χ1n) is 8.69. The van der Waals surface area contributed by atoms with E-state index in [2.05, 4.69) is 4.98 Å². The first-order valence-corrected chi connectivity index (χ1v) is 8.69. The summed E-state index contributed by atoms with van der Waals surface area (Å²) in [6, 6.07) is 3.89. The van der Waals surface area contributed by atoms with E-state index in [9.17, 15) is 4.79 Å². The van der Waals surface area contributed by atoms with Crippen LogP contribution in [0.5, 0.6) is 0 Å². The fourth-order valence-corrected chi connectivity index (χ4v) is 3.65. The molecule has 2 saturated carbocycles. The first kappa shape index (κ1) is 15.1. The van der Waals surface area contributed by atoms with Crippen molar-refractivity contribution in [3.63, 3.8) is 0 Å². The summed E-state index contributed by atoms with van der Waals surface area (Å²) in [5.41, 5.74) is 1.58. The summed E-state index contributed by atoms with van der Waals surface area (Å²) in [6.07, 6.45) is 6.35. The lowest BCUT2D eigenvalue weighted by Gasteiger charge is -2.31. The summed E-state index contributed by atoms with van der Waals surface area (Å²) in [7, 11) is 0. The molecule has 0 N–H and O–H groups in total. The van der Waals surface area contributed by atoms with Gasteiger partial charge in [0, 0.05) is 25.0 Å². The Morgan fingerprint density at radius 2 is 2.22 bits per heavy atom. The van der Waals surface area contributed by atoms with E-state index in [0.717, 1.165) is 31.1 Å². The number of hydrogen-bond acceptors (Lipinski definition) is 4. The van der Waals surface area contributed by atoms with Gasteiger partial charge in [-0.3, -0.25) is 9.78 Å². The second-order valence-electron chi connectivity index (χ2n) is 6.98. The molecule has 0 aromatic carbocycles. The highest BCUT2D eigenvalue weighted by Crippen LogP contribution is 2.35. The Kier molecular flexibility index (Phi) is 4.07. The SMILES string of the molecule is Cc1ccc(C(=O)N2CCO[C@H]3CC[C@H]2[C@@H]3OCC2CC2)cn1. The topological polar surface area (TPSA) is 51.7 Å². The number of aromatic nitrogens is 1. The van der Waals surface area contributed by atoms with Crippen LogP contribution in [0.3, 0.4) is 0 Å². The van der Waals surface area contributed by atoms with Crippen LogP contribution in [-0.4, -0.2) is 53.8 Å². The zero-order valence-corrected chi connectivity index (χ0v) is 13.6. The van der Waals surface area contributed by atoms with E-state index in [4.69, 9.17) is 9.47 Å². The van der Waals surface area contributed by atoms with Crippen LogP contribution in [0, 0.1) is 12.8 Å². The zero-order valence-electron chi connectivity index (χ0n) is 13.6. The quantitative estimate of drug-likeness (QED) is 0.854. The average molecular weight is 316 g/mol. The lowest BCUT2D eigenvalue weighted by molar-refractivity contribution is -0.0556. The third-order valence-electron chi connectivity index (χ3n) is 5.20. The number of aryl methyl sites for hydroxylation is 1. The number of nitrogens with zero attached hydrogens (tertiary/aromatic N) is 2. The Morgan fingerprint density at radius 1 is 1.35 bits per heavy atom. The second-order valence-corrected chi connectivity index (χ2v) is 6.98. The van der Waals surface area contributed by atoms with E-state index >= 15 is 0 Å². The summed E-state index contributed by atoms with van der Waals surface area (Å²) in [5, 5.41) is 0. The Labute approximate surface area is 137 Å². The molecule has 1 aliphatic heterocycles. The molecule has 1 amide bonds. The lowest BCUT2D eigenvalue weighted by Crippen LogP contribution is -2.46. The summed E-state index contributed by atoms with van der Waals surface area (Å²) >= 11 is 0. The minimum Gasteiger partial charge on any atom is -0.374 e. The van der Waals surface area contributed by atoms with Crippen molar-refractivity contribution < 1.29 is 14.3 Å². The molecule has 2 bridgehead atoms. The molecule has 3 aliphatic rings. The lowest BCUT2D eigenvalue weighted by atomic mass is 10.1. The van der Waals surface area contributed by atoms with Crippen LogP contribution in [-0.2, 0) is 9.47 Å². The number of hydrogen-bond donors (Lipinski definition) is 0.